The van der Waals surface area contributed by atoms with Crippen molar-refractivity contribution in [2.45, 2.75) is 32.8 Å². The van der Waals surface area contributed by atoms with Crippen molar-refractivity contribution in [2.24, 2.45) is 0 Å². The molecule has 232 valence electrons. The molecule has 10 nitrogen and oxygen atoms in total. The maximum Gasteiger partial charge on any atom is 0.476 e. The summed E-state index contributed by atoms with van der Waals surface area (Å²) in [4.78, 5) is 27.3. The van der Waals surface area contributed by atoms with E-state index in [1.54, 1.807) is 17.4 Å². The zero-order chi connectivity index (χ0) is 30.3. The molecule has 12 heteroatoms. The lowest BCUT2D eigenvalue weighted by Gasteiger charge is -2.45. The number of ether oxygens (including phenoxy) is 2. The van der Waals surface area contributed by atoms with Crippen molar-refractivity contribution in [3.8, 4) is 5.75 Å². The number of rotatable bonds is 15. The molecule has 1 fully saturated rings. The van der Waals surface area contributed by atoms with Gasteiger partial charge in [-0.1, -0.05) is 6.07 Å². The Morgan fingerprint density at radius 2 is 1.84 bits per heavy atom. The number of phosphoric ester groups is 1. The second-order valence-electron chi connectivity index (χ2n) is 11.2. The number of hydrogen-bond acceptors (Lipinski definition) is 8. The highest BCUT2D eigenvalue weighted by molar-refractivity contribution is 7.47. The second kappa shape index (κ2) is 14.3. The van der Waals surface area contributed by atoms with Gasteiger partial charge in [-0.2, -0.15) is 0 Å². The van der Waals surface area contributed by atoms with Crippen LogP contribution < -0.4 is 15.2 Å². The van der Waals surface area contributed by atoms with Gasteiger partial charge in [-0.15, -0.1) is 11.3 Å². The van der Waals surface area contributed by atoms with E-state index in [0.717, 1.165) is 56.5 Å². The SMILES string of the molecule is CC(C)OCCOP(=O)(O)OC[N+]1(CCCCOc2ccc3ccc(=O)[nH]c3c2)CCN(c2cccc3sccc23)CC1. The van der Waals surface area contributed by atoms with Gasteiger partial charge in [-0.05, 0) is 73.9 Å². The van der Waals surface area contributed by atoms with Gasteiger partial charge in [-0.25, -0.2) is 9.09 Å². The first-order valence-corrected chi connectivity index (χ1v) is 17.2. The molecule has 5 rings (SSSR count). The van der Waals surface area contributed by atoms with Crippen molar-refractivity contribution in [3.63, 3.8) is 0 Å². The number of phosphoric acid groups is 1. The van der Waals surface area contributed by atoms with Gasteiger partial charge in [0.1, 0.15) is 5.75 Å². The Kier molecular flexibility index (Phi) is 10.6. The molecular weight excluding hydrogens is 589 g/mol. The Labute approximate surface area is 256 Å². The van der Waals surface area contributed by atoms with Crippen LogP contribution >= 0.6 is 19.2 Å². The van der Waals surface area contributed by atoms with Gasteiger partial charge in [0.2, 0.25) is 5.56 Å². The van der Waals surface area contributed by atoms with Crippen LogP contribution in [0.2, 0.25) is 0 Å². The van der Waals surface area contributed by atoms with Crippen LogP contribution in [0.5, 0.6) is 5.75 Å². The summed E-state index contributed by atoms with van der Waals surface area (Å²) < 4.78 is 36.7. The minimum absolute atomic E-state index is 0.00954. The van der Waals surface area contributed by atoms with Crippen LogP contribution in [-0.4, -0.2) is 79.7 Å². The van der Waals surface area contributed by atoms with Crippen LogP contribution in [0.4, 0.5) is 5.69 Å². The number of hydrogen-bond donors (Lipinski definition) is 2. The molecule has 4 aromatic rings. The first-order valence-electron chi connectivity index (χ1n) is 14.8. The summed E-state index contributed by atoms with van der Waals surface area (Å²) in [5, 5.41) is 4.33. The highest BCUT2D eigenvalue weighted by atomic mass is 32.1. The van der Waals surface area contributed by atoms with Crippen molar-refractivity contribution >= 4 is 45.8 Å². The maximum atomic E-state index is 12.7. The lowest BCUT2D eigenvalue weighted by molar-refractivity contribution is -0.943. The summed E-state index contributed by atoms with van der Waals surface area (Å²) in [6.45, 7) is 8.57. The smallest absolute Gasteiger partial charge is 0.476 e. The molecule has 1 atom stereocenters. The Morgan fingerprint density at radius 1 is 1.02 bits per heavy atom. The molecule has 2 aromatic heterocycles. The van der Waals surface area contributed by atoms with E-state index in [-0.39, 0.29) is 31.6 Å². The van der Waals surface area contributed by atoms with E-state index in [1.165, 1.54) is 21.8 Å². The third kappa shape index (κ3) is 8.67. The molecule has 2 N–H and O–H groups in total. The number of piperazine rings is 1. The zero-order valence-electron chi connectivity index (χ0n) is 24.8. The molecule has 0 aliphatic carbocycles. The van der Waals surface area contributed by atoms with Crippen LogP contribution in [0.1, 0.15) is 26.7 Å². The van der Waals surface area contributed by atoms with Crippen molar-refractivity contribution < 1.29 is 32.5 Å². The first kappa shape index (κ1) is 31.7. The summed E-state index contributed by atoms with van der Waals surface area (Å²) in [6, 6.07) is 17.6. The third-order valence-corrected chi connectivity index (χ3v) is 9.61. The van der Waals surface area contributed by atoms with Crippen molar-refractivity contribution in [1.29, 1.82) is 0 Å². The molecule has 0 amide bonds. The topological polar surface area (TPSA) is 110 Å². The number of nitrogens with one attached hydrogen (secondary N) is 1. The molecule has 3 heterocycles. The quantitative estimate of drug-likeness (QED) is 0.0971. The molecule has 0 bridgehead atoms. The third-order valence-electron chi connectivity index (χ3n) is 7.78. The average molecular weight is 631 g/mol. The predicted molar refractivity (Wildman–Crippen MR) is 171 cm³/mol. The van der Waals surface area contributed by atoms with Gasteiger partial charge in [0.25, 0.3) is 0 Å². The number of aromatic amines is 1. The van der Waals surface area contributed by atoms with Crippen LogP contribution in [0, 0.1) is 0 Å². The van der Waals surface area contributed by atoms with E-state index in [1.807, 2.05) is 32.0 Å². The highest BCUT2D eigenvalue weighted by Gasteiger charge is 2.36. The second-order valence-corrected chi connectivity index (χ2v) is 13.6. The van der Waals surface area contributed by atoms with Gasteiger partial charge in [0, 0.05) is 27.9 Å². The summed E-state index contributed by atoms with van der Waals surface area (Å²) in [5.41, 5.74) is 1.83. The fraction of sp³-hybridized carbons (Fsp3) is 0.452. The standard InChI is InChI=1S/C31H40N3O7PS/c1-24(2)38-19-20-40-42(36,37)41-23-34(16-13-33(14-17-34)29-6-5-7-30-27(29)12-21-43-30)15-3-4-18-39-26-10-8-25-9-11-31(35)32-28(25)22-26/h5-12,21-22,24H,3-4,13-20,23H2,1-2H3,(H-,32,35,36,37)/p+1. The minimum Gasteiger partial charge on any atom is -0.494 e. The van der Waals surface area contributed by atoms with Crippen LogP contribution in [0.15, 0.2) is 64.8 Å². The summed E-state index contributed by atoms with van der Waals surface area (Å²) in [6.07, 6.45) is 1.68. The monoisotopic (exact) mass is 630 g/mol. The molecule has 1 unspecified atom stereocenters. The van der Waals surface area contributed by atoms with Crippen LogP contribution in [0.3, 0.4) is 0 Å². The molecule has 0 spiro atoms. The van der Waals surface area contributed by atoms with E-state index in [9.17, 15) is 14.3 Å². The number of quaternary nitrogens is 1. The number of pyridine rings is 1. The lowest BCUT2D eigenvalue weighted by Crippen LogP contribution is -2.60. The molecule has 1 aliphatic heterocycles. The lowest BCUT2D eigenvalue weighted by atomic mass is 10.1. The van der Waals surface area contributed by atoms with Crippen molar-refractivity contribution in [3.05, 3.63) is 70.3 Å². The number of fused-ring (bicyclic) bond motifs is 2. The molecule has 2 aromatic carbocycles. The normalized spacial score (nSPS) is 16.6. The number of H-pyrrole nitrogens is 1. The maximum absolute atomic E-state index is 12.7. The zero-order valence-corrected chi connectivity index (χ0v) is 26.5. The average Bonchev–Trinajstić information content (AvgIpc) is 3.48. The molecule has 1 saturated heterocycles. The molecule has 0 saturated carbocycles. The summed E-state index contributed by atoms with van der Waals surface area (Å²) >= 11 is 1.74. The predicted octanol–water partition coefficient (Wildman–Crippen LogP) is 5.75. The highest BCUT2D eigenvalue weighted by Crippen LogP contribution is 2.44. The molecule has 1 aliphatic rings. The number of thiophene rings is 1. The fourth-order valence-corrected chi connectivity index (χ4v) is 7.01. The Morgan fingerprint density at radius 3 is 2.65 bits per heavy atom. The molecule has 0 radical (unpaired) electrons. The number of aromatic nitrogens is 1. The Bertz CT molecular complexity index is 1600. The largest absolute Gasteiger partial charge is 0.494 e. The van der Waals surface area contributed by atoms with E-state index >= 15 is 0 Å². The minimum atomic E-state index is -4.23. The van der Waals surface area contributed by atoms with Crippen molar-refractivity contribution in [1.82, 2.24) is 4.98 Å². The van der Waals surface area contributed by atoms with Crippen molar-refractivity contribution in [2.75, 3.05) is 64.2 Å². The van der Waals surface area contributed by atoms with Gasteiger partial charge < -0.3 is 24.3 Å². The summed E-state index contributed by atoms with van der Waals surface area (Å²) in [5.74, 6) is 0.706. The van der Waals surface area contributed by atoms with Gasteiger partial charge >= 0.3 is 7.82 Å². The molecular formula is C31H41N3O7PS+. The van der Waals surface area contributed by atoms with Gasteiger partial charge in [0.05, 0.1) is 64.2 Å². The number of nitrogens with zero attached hydrogens (tertiary/aromatic N) is 2. The van der Waals surface area contributed by atoms with Crippen LogP contribution in [0.25, 0.3) is 21.0 Å². The number of benzene rings is 2. The first-order chi connectivity index (χ1) is 20.7. The van der Waals surface area contributed by atoms with E-state index in [2.05, 4.69) is 39.5 Å². The Hall–Kier alpha value is -2.76. The number of anilines is 1. The van der Waals surface area contributed by atoms with E-state index in [0.29, 0.717) is 16.8 Å². The van der Waals surface area contributed by atoms with E-state index < -0.39 is 7.82 Å². The fourth-order valence-electron chi connectivity index (χ4n) is 5.43. The molecule has 43 heavy (non-hydrogen) atoms. The van der Waals surface area contributed by atoms with Gasteiger partial charge in [-0.3, -0.25) is 13.8 Å². The summed E-state index contributed by atoms with van der Waals surface area (Å²) in [7, 11) is -4.23. The van der Waals surface area contributed by atoms with E-state index in [4.69, 9.17) is 18.5 Å². The van der Waals surface area contributed by atoms with Crippen LogP contribution in [-0.2, 0) is 18.3 Å². The number of unbranched alkanes of at least 4 members (excludes halogenated alkanes) is 1. The van der Waals surface area contributed by atoms with Gasteiger partial charge in [0.15, 0.2) is 6.73 Å². The Balaban J connectivity index is 1.18.